The third kappa shape index (κ3) is 3.95. The molecule has 3 N–H and O–H groups in total. The van der Waals surface area contributed by atoms with E-state index in [-0.39, 0.29) is 0 Å². The zero-order chi connectivity index (χ0) is 20.4. The summed E-state index contributed by atoms with van der Waals surface area (Å²) < 4.78 is 11.9. The van der Waals surface area contributed by atoms with Crippen LogP contribution in [0.1, 0.15) is 5.56 Å². The number of aryl methyl sites for hydroxylation is 1. The highest BCUT2D eigenvalue weighted by Gasteiger charge is 2.19. The van der Waals surface area contributed by atoms with Crippen molar-refractivity contribution in [2.45, 2.75) is 6.92 Å². The van der Waals surface area contributed by atoms with E-state index in [1.54, 1.807) is 11.3 Å². The smallest absolute Gasteiger partial charge is 0.232 e. The number of furan rings is 1. The van der Waals surface area contributed by atoms with Crippen LogP contribution < -0.4 is 16.0 Å². The number of hydrogen-bond acceptors (Lipinski definition) is 8. The molecule has 3 heterocycles. The summed E-state index contributed by atoms with van der Waals surface area (Å²) in [6, 6.07) is 11.8. The molecular weight excluding hydrogens is 386 g/mol. The second-order valence-electron chi connectivity index (χ2n) is 6.93. The second-order valence-corrected chi connectivity index (χ2v) is 7.88. The Morgan fingerprint density at radius 1 is 1.17 bits per heavy atom. The molecule has 0 amide bonds. The van der Waals surface area contributed by atoms with Gasteiger partial charge in [-0.3, -0.25) is 0 Å². The molecule has 150 valence electrons. The minimum absolute atomic E-state index is 0.509. The molecule has 4 rings (SSSR count). The van der Waals surface area contributed by atoms with Crippen molar-refractivity contribution >= 4 is 28.3 Å². The zero-order valence-electron chi connectivity index (χ0n) is 16.6. The molecule has 29 heavy (non-hydrogen) atoms. The molecule has 0 aliphatic carbocycles. The minimum atomic E-state index is 0.509. The lowest BCUT2D eigenvalue weighted by atomic mass is 10.1. The van der Waals surface area contributed by atoms with E-state index in [9.17, 15) is 0 Å². The third-order valence-electron chi connectivity index (χ3n) is 4.59. The molecule has 0 atom stereocenters. The lowest BCUT2D eigenvalue weighted by Crippen LogP contribution is -2.19. The normalized spacial score (nSPS) is 11.3. The number of hydrazine groups is 1. The SMILES string of the molecule is Cc1c(-c2ccc(OCCN(C)C)cc2)oc2nc(-c3cccs3)nc(NN)c12. The van der Waals surface area contributed by atoms with Gasteiger partial charge in [0.15, 0.2) is 11.6 Å². The van der Waals surface area contributed by atoms with Gasteiger partial charge in [0.05, 0.1) is 10.3 Å². The van der Waals surface area contributed by atoms with Crippen molar-refractivity contribution in [2.24, 2.45) is 5.84 Å². The minimum Gasteiger partial charge on any atom is -0.492 e. The fourth-order valence-electron chi connectivity index (χ4n) is 3.08. The van der Waals surface area contributed by atoms with E-state index < -0.39 is 0 Å². The number of hydrogen-bond donors (Lipinski definition) is 2. The molecule has 0 fully saturated rings. The van der Waals surface area contributed by atoms with Crippen LogP contribution in [0.5, 0.6) is 5.75 Å². The van der Waals surface area contributed by atoms with E-state index in [0.29, 0.717) is 24.0 Å². The van der Waals surface area contributed by atoms with E-state index in [0.717, 1.165) is 39.4 Å². The summed E-state index contributed by atoms with van der Waals surface area (Å²) in [5, 5.41) is 2.77. The van der Waals surface area contributed by atoms with Crippen LogP contribution in [0.3, 0.4) is 0 Å². The van der Waals surface area contributed by atoms with Crippen molar-refractivity contribution in [3.63, 3.8) is 0 Å². The molecular formula is C21H23N5O2S. The number of aromatic nitrogens is 2. The average Bonchev–Trinajstić information content (AvgIpc) is 3.36. The van der Waals surface area contributed by atoms with Crippen LogP contribution in [0.15, 0.2) is 46.2 Å². The predicted octanol–water partition coefficient (Wildman–Crippen LogP) is 4.15. The molecule has 0 aliphatic heterocycles. The number of rotatable bonds is 7. The first-order valence-electron chi connectivity index (χ1n) is 9.26. The van der Waals surface area contributed by atoms with E-state index in [4.69, 9.17) is 15.0 Å². The van der Waals surface area contributed by atoms with Crippen molar-refractivity contribution < 1.29 is 9.15 Å². The fourth-order valence-corrected chi connectivity index (χ4v) is 3.74. The largest absolute Gasteiger partial charge is 0.492 e. The Balaban J connectivity index is 1.68. The lowest BCUT2D eigenvalue weighted by Gasteiger charge is -2.11. The number of thiophene rings is 1. The number of fused-ring (bicyclic) bond motifs is 1. The fraction of sp³-hybridized carbons (Fsp3) is 0.238. The Morgan fingerprint density at radius 3 is 2.62 bits per heavy atom. The van der Waals surface area contributed by atoms with Gasteiger partial charge in [0.25, 0.3) is 0 Å². The Labute approximate surface area is 173 Å². The Hall–Kier alpha value is -2.94. The number of nitrogens with zero attached hydrogens (tertiary/aromatic N) is 3. The zero-order valence-corrected chi connectivity index (χ0v) is 17.4. The van der Waals surface area contributed by atoms with Crippen molar-refractivity contribution in [2.75, 3.05) is 32.7 Å². The van der Waals surface area contributed by atoms with Crippen LogP contribution in [0, 0.1) is 6.92 Å². The van der Waals surface area contributed by atoms with Crippen LogP contribution in [0.25, 0.3) is 33.1 Å². The molecule has 1 aromatic carbocycles. The quantitative estimate of drug-likeness (QED) is 0.350. The number of likely N-dealkylation sites (N-methyl/N-ethyl adjacent to an activating group) is 1. The Morgan fingerprint density at radius 2 is 1.97 bits per heavy atom. The van der Waals surface area contributed by atoms with E-state index in [2.05, 4.69) is 20.3 Å². The highest BCUT2D eigenvalue weighted by atomic mass is 32.1. The first kappa shape index (κ1) is 19.4. The summed E-state index contributed by atoms with van der Waals surface area (Å²) in [5.41, 5.74) is 5.08. The van der Waals surface area contributed by atoms with Gasteiger partial charge in [0.2, 0.25) is 5.71 Å². The number of anilines is 1. The monoisotopic (exact) mass is 409 g/mol. The van der Waals surface area contributed by atoms with Crippen molar-refractivity contribution in [3.05, 3.63) is 47.3 Å². The second kappa shape index (κ2) is 8.20. The molecule has 0 bridgehead atoms. The summed E-state index contributed by atoms with van der Waals surface area (Å²) in [6.45, 7) is 3.49. The van der Waals surface area contributed by atoms with Crippen LogP contribution in [-0.4, -0.2) is 42.1 Å². The molecule has 0 spiro atoms. The van der Waals surface area contributed by atoms with Crippen LogP contribution in [0.2, 0.25) is 0 Å². The first-order valence-corrected chi connectivity index (χ1v) is 10.1. The van der Waals surface area contributed by atoms with Gasteiger partial charge in [0.1, 0.15) is 18.1 Å². The van der Waals surface area contributed by atoms with Gasteiger partial charge in [-0.15, -0.1) is 11.3 Å². The predicted molar refractivity (Wildman–Crippen MR) is 117 cm³/mol. The van der Waals surface area contributed by atoms with Gasteiger partial charge in [0, 0.05) is 17.7 Å². The maximum atomic E-state index is 6.13. The molecule has 0 saturated carbocycles. The molecule has 3 aromatic heterocycles. The third-order valence-corrected chi connectivity index (χ3v) is 5.46. The molecule has 0 aliphatic rings. The average molecular weight is 410 g/mol. The number of nitrogens with two attached hydrogens (primary N) is 1. The topological polar surface area (TPSA) is 89.4 Å². The summed E-state index contributed by atoms with van der Waals surface area (Å²) >= 11 is 1.57. The van der Waals surface area contributed by atoms with E-state index >= 15 is 0 Å². The van der Waals surface area contributed by atoms with Crippen LogP contribution >= 0.6 is 11.3 Å². The lowest BCUT2D eigenvalue weighted by molar-refractivity contribution is 0.261. The first-order chi connectivity index (χ1) is 14.1. The van der Waals surface area contributed by atoms with Crippen LogP contribution in [-0.2, 0) is 0 Å². The Kier molecular flexibility index (Phi) is 5.48. The van der Waals surface area contributed by atoms with E-state index in [1.165, 1.54) is 0 Å². The van der Waals surface area contributed by atoms with Crippen molar-refractivity contribution in [1.29, 1.82) is 0 Å². The number of benzene rings is 1. The molecule has 4 aromatic rings. The molecule has 0 saturated heterocycles. The number of ether oxygens (including phenoxy) is 1. The highest BCUT2D eigenvalue weighted by molar-refractivity contribution is 7.13. The molecule has 0 radical (unpaired) electrons. The summed E-state index contributed by atoms with van der Waals surface area (Å²) in [7, 11) is 4.04. The maximum Gasteiger partial charge on any atom is 0.232 e. The Bertz CT molecular complexity index is 1100. The van der Waals surface area contributed by atoms with Crippen LogP contribution in [0.4, 0.5) is 5.82 Å². The van der Waals surface area contributed by atoms with Gasteiger partial charge in [-0.25, -0.2) is 10.8 Å². The van der Waals surface area contributed by atoms with Gasteiger partial charge >= 0.3 is 0 Å². The molecule has 8 heteroatoms. The number of nitrogens with one attached hydrogen (secondary N) is 1. The van der Waals surface area contributed by atoms with E-state index in [1.807, 2.05) is 62.8 Å². The van der Waals surface area contributed by atoms with Gasteiger partial charge in [-0.05, 0) is 56.7 Å². The van der Waals surface area contributed by atoms with Gasteiger partial charge in [-0.1, -0.05) is 6.07 Å². The number of nitrogen functional groups attached to an aromatic ring is 1. The summed E-state index contributed by atoms with van der Waals surface area (Å²) in [4.78, 5) is 12.2. The van der Waals surface area contributed by atoms with Crippen molar-refractivity contribution in [1.82, 2.24) is 14.9 Å². The molecule has 0 unspecified atom stereocenters. The highest BCUT2D eigenvalue weighted by Crippen LogP contribution is 2.37. The van der Waals surface area contributed by atoms with Gasteiger partial charge in [-0.2, -0.15) is 4.98 Å². The molecule has 7 nitrogen and oxygen atoms in total. The standard InChI is InChI=1S/C21H23N5O2S/c1-13-17-20(25-22)23-19(16-5-4-12-29-16)24-21(17)28-18(13)14-6-8-15(9-7-14)27-11-10-26(2)3/h4-9,12H,10-11,22H2,1-3H3,(H,23,24,25). The maximum absolute atomic E-state index is 6.13. The summed E-state index contributed by atoms with van der Waals surface area (Å²) in [5.74, 6) is 8.45. The van der Waals surface area contributed by atoms with Gasteiger partial charge < -0.3 is 19.5 Å². The van der Waals surface area contributed by atoms with Crippen molar-refractivity contribution in [3.8, 4) is 27.8 Å². The summed E-state index contributed by atoms with van der Waals surface area (Å²) in [6.07, 6.45) is 0.